The predicted octanol–water partition coefficient (Wildman–Crippen LogP) is 4.41. The molecule has 0 aliphatic carbocycles. The van der Waals surface area contributed by atoms with Crippen molar-refractivity contribution in [3.8, 4) is 5.75 Å². The number of aliphatic hydroxyl groups is 1. The van der Waals surface area contributed by atoms with Gasteiger partial charge in [-0.25, -0.2) is 13.1 Å². The second-order valence-electron chi connectivity index (χ2n) is 6.34. The van der Waals surface area contributed by atoms with Crippen molar-refractivity contribution in [2.24, 2.45) is 0 Å². The first-order valence-corrected chi connectivity index (χ1v) is 11.6. The Labute approximate surface area is 170 Å². The molecule has 27 heavy (non-hydrogen) atoms. The average Bonchev–Trinajstić information content (AvgIpc) is 3.11. The average molecular weight is 432 g/mol. The van der Waals surface area contributed by atoms with Crippen molar-refractivity contribution in [2.75, 3.05) is 13.7 Å². The molecule has 2 unspecified atom stereocenters. The van der Waals surface area contributed by atoms with Gasteiger partial charge in [0.2, 0.25) is 10.0 Å². The van der Waals surface area contributed by atoms with E-state index in [9.17, 15) is 13.5 Å². The second kappa shape index (κ2) is 10.4. The molecule has 0 radical (unpaired) electrons. The van der Waals surface area contributed by atoms with Gasteiger partial charge in [0, 0.05) is 5.92 Å². The van der Waals surface area contributed by atoms with E-state index in [-0.39, 0.29) is 16.7 Å². The standard InChI is InChI=1S/C19H26ClNO4S2/c1-3-4-5-6-16(14-7-9-15(25-2)10-8-14)17(13-22)21-27(23,24)19-12-11-18(20)26-19/h7-12,16-17,21-22H,3-6,13H2,1-2H3. The number of hydrogen-bond acceptors (Lipinski definition) is 5. The summed E-state index contributed by atoms with van der Waals surface area (Å²) in [7, 11) is -2.15. The lowest BCUT2D eigenvalue weighted by Crippen LogP contribution is -2.41. The third-order valence-corrected chi connectivity index (χ3v) is 7.68. The van der Waals surface area contributed by atoms with Gasteiger partial charge in [0.25, 0.3) is 0 Å². The lowest BCUT2D eigenvalue weighted by atomic mass is 9.87. The van der Waals surface area contributed by atoms with Crippen LogP contribution in [0.3, 0.4) is 0 Å². The SMILES string of the molecule is CCCCCC(c1ccc(OC)cc1)C(CO)NS(=O)(=O)c1ccc(Cl)s1. The molecule has 1 aromatic heterocycles. The molecule has 2 N–H and O–H groups in total. The number of sulfonamides is 1. The Hall–Kier alpha value is -1.12. The number of aliphatic hydroxyl groups excluding tert-OH is 1. The van der Waals surface area contributed by atoms with Crippen LogP contribution in [0.25, 0.3) is 0 Å². The maximum Gasteiger partial charge on any atom is 0.250 e. The highest BCUT2D eigenvalue weighted by atomic mass is 35.5. The minimum absolute atomic E-state index is 0.141. The van der Waals surface area contributed by atoms with Crippen LogP contribution in [0.1, 0.15) is 44.1 Å². The van der Waals surface area contributed by atoms with Crippen molar-refractivity contribution in [3.63, 3.8) is 0 Å². The van der Waals surface area contributed by atoms with E-state index in [4.69, 9.17) is 16.3 Å². The molecule has 0 aliphatic rings. The van der Waals surface area contributed by atoms with Crippen LogP contribution in [0.4, 0.5) is 0 Å². The molecule has 150 valence electrons. The van der Waals surface area contributed by atoms with Crippen LogP contribution in [-0.4, -0.2) is 33.3 Å². The highest BCUT2D eigenvalue weighted by molar-refractivity contribution is 7.91. The molecule has 2 aromatic rings. The van der Waals surface area contributed by atoms with E-state index in [2.05, 4.69) is 11.6 Å². The number of hydrogen-bond donors (Lipinski definition) is 2. The lowest BCUT2D eigenvalue weighted by Gasteiger charge is -2.27. The molecule has 0 aliphatic heterocycles. The van der Waals surface area contributed by atoms with E-state index >= 15 is 0 Å². The lowest BCUT2D eigenvalue weighted by molar-refractivity contribution is 0.233. The molecule has 0 fully saturated rings. The van der Waals surface area contributed by atoms with E-state index in [1.54, 1.807) is 13.2 Å². The fraction of sp³-hybridized carbons (Fsp3) is 0.474. The number of thiophene rings is 1. The van der Waals surface area contributed by atoms with Crippen LogP contribution in [0.15, 0.2) is 40.6 Å². The van der Waals surface area contributed by atoms with Gasteiger partial charge in [-0.3, -0.25) is 0 Å². The Balaban J connectivity index is 2.26. The Kier molecular flexibility index (Phi) is 8.57. The van der Waals surface area contributed by atoms with E-state index in [1.165, 1.54) is 6.07 Å². The normalized spacial score (nSPS) is 14.1. The van der Waals surface area contributed by atoms with Gasteiger partial charge in [-0.15, -0.1) is 11.3 Å². The Bertz CT molecular complexity index is 805. The highest BCUT2D eigenvalue weighted by Gasteiger charge is 2.28. The van der Waals surface area contributed by atoms with Crippen LogP contribution in [0.2, 0.25) is 4.34 Å². The molecule has 0 bridgehead atoms. The maximum atomic E-state index is 12.7. The largest absolute Gasteiger partial charge is 0.497 e. The summed E-state index contributed by atoms with van der Waals surface area (Å²) in [6, 6.07) is 9.96. The van der Waals surface area contributed by atoms with Crippen LogP contribution < -0.4 is 9.46 Å². The van der Waals surface area contributed by atoms with Crippen molar-refractivity contribution in [3.05, 3.63) is 46.3 Å². The molecular formula is C19H26ClNO4S2. The summed E-state index contributed by atoms with van der Waals surface area (Å²) >= 11 is 6.87. The zero-order chi connectivity index (χ0) is 19.9. The molecule has 0 spiro atoms. The maximum absolute atomic E-state index is 12.7. The summed E-state index contributed by atoms with van der Waals surface area (Å²) in [5, 5.41) is 9.96. The smallest absolute Gasteiger partial charge is 0.250 e. The third-order valence-electron chi connectivity index (χ3n) is 4.46. The molecule has 0 amide bonds. The van der Waals surface area contributed by atoms with E-state index in [0.29, 0.717) is 4.34 Å². The Morgan fingerprint density at radius 1 is 1.19 bits per heavy atom. The van der Waals surface area contributed by atoms with Gasteiger partial charge in [-0.2, -0.15) is 0 Å². The Morgan fingerprint density at radius 3 is 2.41 bits per heavy atom. The number of rotatable bonds is 11. The molecule has 8 heteroatoms. The van der Waals surface area contributed by atoms with Crippen LogP contribution in [0, 0.1) is 0 Å². The first kappa shape index (κ1) is 22.2. The van der Waals surface area contributed by atoms with E-state index < -0.39 is 16.1 Å². The zero-order valence-corrected chi connectivity index (χ0v) is 17.9. The number of benzene rings is 1. The summed E-state index contributed by atoms with van der Waals surface area (Å²) in [5.74, 6) is 0.595. The topological polar surface area (TPSA) is 75.6 Å². The molecule has 2 atom stereocenters. The minimum Gasteiger partial charge on any atom is -0.497 e. The van der Waals surface area contributed by atoms with Crippen molar-refractivity contribution < 1.29 is 18.3 Å². The first-order chi connectivity index (χ1) is 12.9. The van der Waals surface area contributed by atoms with Crippen LogP contribution >= 0.6 is 22.9 Å². The monoisotopic (exact) mass is 431 g/mol. The fourth-order valence-corrected chi connectivity index (χ4v) is 5.78. The van der Waals surface area contributed by atoms with Gasteiger partial charge in [0.15, 0.2) is 0 Å². The molecule has 5 nitrogen and oxygen atoms in total. The summed E-state index contributed by atoms with van der Waals surface area (Å²) < 4.78 is 33.8. The fourth-order valence-electron chi connectivity index (χ4n) is 3.01. The summed E-state index contributed by atoms with van der Waals surface area (Å²) in [6.45, 7) is 1.83. The Morgan fingerprint density at radius 2 is 1.89 bits per heavy atom. The summed E-state index contributed by atoms with van der Waals surface area (Å²) in [5.41, 5.74) is 0.970. The van der Waals surface area contributed by atoms with Crippen molar-refractivity contribution in [2.45, 2.75) is 48.8 Å². The van der Waals surface area contributed by atoms with Gasteiger partial charge in [0.05, 0.1) is 24.1 Å². The van der Waals surface area contributed by atoms with Crippen LogP contribution in [-0.2, 0) is 10.0 Å². The van der Waals surface area contributed by atoms with Crippen molar-refractivity contribution in [1.29, 1.82) is 0 Å². The number of halogens is 1. The van der Waals surface area contributed by atoms with E-state index in [0.717, 1.165) is 48.3 Å². The second-order valence-corrected chi connectivity index (χ2v) is 10.0. The van der Waals surface area contributed by atoms with Gasteiger partial charge >= 0.3 is 0 Å². The summed E-state index contributed by atoms with van der Waals surface area (Å²) in [6.07, 6.45) is 3.85. The van der Waals surface area contributed by atoms with Crippen molar-refractivity contribution >= 4 is 33.0 Å². The molecule has 1 aromatic carbocycles. The highest BCUT2D eigenvalue weighted by Crippen LogP contribution is 2.30. The van der Waals surface area contributed by atoms with Gasteiger partial charge in [-0.1, -0.05) is 49.9 Å². The van der Waals surface area contributed by atoms with Gasteiger partial charge in [0.1, 0.15) is 9.96 Å². The summed E-state index contributed by atoms with van der Waals surface area (Å²) in [4.78, 5) is 0. The minimum atomic E-state index is -3.75. The third kappa shape index (κ3) is 6.19. The van der Waals surface area contributed by atoms with Gasteiger partial charge in [-0.05, 0) is 36.2 Å². The van der Waals surface area contributed by atoms with E-state index in [1.807, 2.05) is 24.3 Å². The van der Waals surface area contributed by atoms with Gasteiger partial charge < -0.3 is 9.84 Å². The number of methoxy groups -OCH3 is 1. The first-order valence-electron chi connectivity index (χ1n) is 8.93. The molecule has 2 rings (SSSR count). The number of ether oxygens (including phenoxy) is 1. The number of unbranched alkanes of at least 4 members (excludes halogenated alkanes) is 2. The molecule has 0 saturated heterocycles. The zero-order valence-electron chi connectivity index (χ0n) is 15.5. The predicted molar refractivity (Wildman–Crippen MR) is 110 cm³/mol. The number of nitrogens with one attached hydrogen (secondary N) is 1. The van der Waals surface area contributed by atoms with Crippen LogP contribution in [0.5, 0.6) is 5.75 Å². The molecule has 0 saturated carbocycles. The van der Waals surface area contributed by atoms with Crippen molar-refractivity contribution in [1.82, 2.24) is 4.72 Å². The quantitative estimate of drug-likeness (QED) is 0.516. The molecule has 1 heterocycles. The molecular weight excluding hydrogens is 406 g/mol.